The first-order chi connectivity index (χ1) is 14.9. The summed E-state index contributed by atoms with van der Waals surface area (Å²) in [4.78, 5) is 12.7. The number of ether oxygens (including phenoxy) is 1. The number of carbonyl (C=O) groups excluding carboxylic acids is 1. The minimum atomic E-state index is -3.50. The number of hydrogen-bond donors (Lipinski definition) is 1. The number of amides is 1. The van der Waals surface area contributed by atoms with Crippen LogP contribution in [0.2, 0.25) is 0 Å². The molecule has 1 aliphatic rings. The van der Waals surface area contributed by atoms with E-state index in [9.17, 15) is 13.2 Å². The number of nitrogens with one attached hydrogen (secondary N) is 1. The molecule has 1 fully saturated rings. The third-order valence-electron chi connectivity index (χ3n) is 5.52. The van der Waals surface area contributed by atoms with E-state index in [1.54, 1.807) is 29.4 Å². The van der Waals surface area contributed by atoms with Crippen LogP contribution in [0, 0.1) is 6.92 Å². The van der Waals surface area contributed by atoms with Gasteiger partial charge >= 0.3 is 0 Å². The Bertz CT molecular complexity index is 1200. The van der Waals surface area contributed by atoms with Crippen LogP contribution in [0.3, 0.4) is 0 Å². The van der Waals surface area contributed by atoms with Crippen molar-refractivity contribution < 1.29 is 17.9 Å². The number of anilines is 1. The van der Waals surface area contributed by atoms with E-state index < -0.39 is 10.0 Å². The summed E-state index contributed by atoms with van der Waals surface area (Å²) in [6.07, 6.45) is 2.86. The van der Waals surface area contributed by atoms with E-state index in [-0.39, 0.29) is 17.4 Å². The molecule has 0 atom stereocenters. The van der Waals surface area contributed by atoms with Gasteiger partial charge in [-0.25, -0.2) is 8.42 Å². The molecule has 1 heterocycles. The van der Waals surface area contributed by atoms with Gasteiger partial charge in [0.15, 0.2) is 6.61 Å². The lowest BCUT2D eigenvalue weighted by Gasteiger charge is -2.26. The van der Waals surface area contributed by atoms with E-state index in [1.165, 1.54) is 0 Å². The molecule has 31 heavy (non-hydrogen) atoms. The molecule has 6 nitrogen and oxygen atoms in total. The maximum atomic E-state index is 12.8. The van der Waals surface area contributed by atoms with Gasteiger partial charge in [-0.3, -0.25) is 4.79 Å². The molecule has 0 aromatic heterocycles. The lowest BCUT2D eigenvalue weighted by Crippen LogP contribution is -2.35. The van der Waals surface area contributed by atoms with Crippen molar-refractivity contribution in [2.45, 2.75) is 31.1 Å². The highest BCUT2D eigenvalue weighted by Crippen LogP contribution is 2.26. The van der Waals surface area contributed by atoms with Gasteiger partial charge in [-0.15, -0.1) is 0 Å². The summed E-state index contributed by atoms with van der Waals surface area (Å²) in [6, 6.07) is 18.3. The topological polar surface area (TPSA) is 75.7 Å². The van der Waals surface area contributed by atoms with Gasteiger partial charge in [0, 0.05) is 24.2 Å². The molecule has 0 spiro atoms. The number of hydrogen-bond acceptors (Lipinski definition) is 4. The summed E-state index contributed by atoms with van der Waals surface area (Å²) in [5.74, 6) is 0.214. The van der Waals surface area contributed by atoms with Crippen LogP contribution in [0.4, 0.5) is 5.69 Å². The van der Waals surface area contributed by atoms with E-state index in [4.69, 9.17) is 4.74 Å². The fourth-order valence-corrected chi connectivity index (χ4v) is 5.47. The standard InChI is InChI=1S/C24H26N2O4S/c1-18-16-20(31(28,29)26-14-5-2-6-15-26)12-13-23(18)30-17-24(27)25-22-11-7-9-19-8-3-4-10-21(19)22/h3-4,7-13,16H,2,5-6,14-15,17H2,1H3,(H,25,27). The van der Waals surface area contributed by atoms with Crippen molar-refractivity contribution in [2.75, 3.05) is 25.0 Å². The van der Waals surface area contributed by atoms with Crippen LogP contribution in [0.5, 0.6) is 5.75 Å². The molecular weight excluding hydrogens is 412 g/mol. The molecule has 0 bridgehead atoms. The smallest absolute Gasteiger partial charge is 0.262 e. The number of nitrogens with zero attached hydrogens (tertiary/aromatic N) is 1. The largest absolute Gasteiger partial charge is 0.483 e. The Morgan fingerprint density at radius 3 is 2.52 bits per heavy atom. The minimum Gasteiger partial charge on any atom is -0.483 e. The molecule has 3 aromatic rings. The van der Waals surface area contributed by atoms with Crippen LogP contribution < -0.4 is 10.1 Å². The highest BCUT2D eigenvalue weighted by Gasteiger charge is 2.26. The Hall–Kier alpha value is -2.90. The van der Waals surface area contributed by atoms with Crippen molar-refractivity contribution in [1.29, 1.82) is 0 Å². The predicted molar refractivity (Wildman–Crippen MR) is 122 cm³/mol. The van der Waals surface area contributed by atoms with E-state index in [0.717, 1.165) is 35.7 Å². The van der Waals surface area contributed by atoms with Gasteiger partial charge < -0.3 is 10.1 Å². The number of aryl methyl sites for hydroxylation is 1. The van der Waals surface area contributed by atoms with Crippen molar-refractivity contribution in [3.05, 3.63) is 66.2 Å². The number of benzene rings is 3. The molecular formula is C24H26N2O4S. The first kappa shape index (κ1) is 21.3. The van der Waals surface area contributed by atoms with Crippen molar-refractivity contribution in [3.63, 3.8) is 0 Å². The first-order valence-corrected chi connectivity index (χ1v) is 11.9. The van der Waals surface area contributed by atoms with Gasteiger partial charge in [0.2, 0.25) is 10.0 Å². The number of rotatable bonds is 6. The Balaban J connectivity index is 1.42. The fourth-order valence-electron chi connectivity index (χ4n) is 3.86. The summed E-state index contributed by atoms with van der Waals surface area (Å²) in [6.45, 7) is 2.75. The van der Waals surface area contributed by atoms with Gasteiger partial charge in [0.05, 0.1) is 4.90 Å². The quantitative estimate of drug-likeness (QED) is 0.621. The first-order valence-electron chi connectivity index (χ1n) is 10.5. The van der Waals surface area contributed by atoms with E-state index >= 15 is 0 Å². The fraction of sp³-hybridized carbons (Fsp3) is 0.292. The second-order valence-corrected chi connectivity index (χ2v) is 9.69. The predicted octanol–water partition coefficient (Wildman–Crippen LogP) is 4.34. The maximum absolute atomic E-state index is 12.8. The molecule has 1 amide bonds. The summed E-state index contributed by atoms with van der Waals surface area (Å²) in [7, 11) is -3.50. The van der Waals surface area contributed by atoms with E-state index in [0.29, 0.717) is 24.4 Å². The lowest BCUT2D eigenvalue weighted by atomic mass is 10.1. The van der Waals surface area contributed by atoms with Crippen LogP contribution in [0.25, 0.3) is 10.8 Å². The zero-order valence-electron chi connectivity index (χ0n) is 17.5. The molecule has 1 N–H and O–H groups in total. The van der Waals surface area contributed by atoms with Crippen LogP contribution in [-0.2, 0) is 14.8 Å². The van der Waals surface area contributed by atoms with Crippen LogP contribution >= 0.6 is 0 Å². The average molecular weight is 439 g/mol. The number of carbonyl (C=O) groups is 1. The normalized spacial score (nSPS) is 15.0. The summed E-state index contributed by atoms with van der Waals surface area (Å²) in [5.41, 5.74) is 1.41. The Labute approximate surface area is 182 Å². The Kier molecular flexibility index (Phi) is 6.25. The van der Waals surface area contributed by atoms with Crippen LogP contribution in [0.1, 0.15) is 24.8 Å². The summed E-state index contributed by atoms with van der Waals surface area (Å²) < 4.78 is 32.9. The van der Waals surface area contributed by atoms with Crippen LogP contribution in [0.15, 0.2) is 65.6 Å². The Morgan fingerprint density at radius 1 is 1.00 bits per heavy atom. The van der Waals surface area contributed by atoms with Crippen molar-refractivity contribution in [3.8, 4) is 5.75 Å². The van der Waals surface area contributed by atoms with Gasteiger partial charge in [0.1, 0.15) is 5.75 Å². The van der Waals surface area contributed by atoms with E-state index in [2.05, 4.69) is 5.32 Å². The molecule has 0 saturated carbocycles. The third kappa shape index (κ3) is 4.73. The highest BCUT2D eigenvalue weighted by atomic mass is 32.2. The monoisotopic (exact) mass is 438 g/mol. The van der Waals surface area contributed by atoms with Gasteiger partial charge in [-0.1, -0.05) is 42.8 Å². The number of fused-ring (bicyclic) bond motifs is 1. The highest BCUT2D eigenvalue weighted by molar-refractivity contribution is 7.89. The van der Waals surface area contributed by atoms with Crippen molar-refractivity contribution in [1.82, 2.24) is 4.31 Å². The molecule has 162 valence electrons. The SMILES string of the molecule is Cc1cc(S(=O)(=O)N2CCCCC2)ccc1OCC(=O)Nc1cccc2ccccc12. The van der Waals surface area contributed by atoms with Crippen molar-refractivity contribution >= 4 is 32.4 Å². The molecule has 1 aliphatic heterocycles. The van der Waals surface area contributed by atoms with Gasteiger partial charge in [-0.2, -0.15) is 4.31 Å². The lowest BCUT2D eigenvalue weighted by molar-refractivity contribution is -0.118. The maximum Gasteiger partial charge on any atom is 0.262 e. The second kappa shape index (κ2) is 9.08. The van der Waals surface area contributed by atoms with Gasteiger partial charge in [0.25, 0.3) is 5.91 Å². The molecule has 0 radical (unpaired) electrons. The average Bonchev–Trinajstić information content (AvgIpc) is 2.79. The number of piperidine rings is 1. The molecule has 3 aromatic carbocycles. The Morgan fingerprint density at radius 2 is 1.74 bits per heavy atom. The van der Waals surface area contributed by atoms with E-state index in [1.807, 2.05) is 42.5 Å². The van der Waals surface area contributed by atoms with Crippen molar-refractivity contribution in [2.24, 2.45) is 0 Å². The zero-order valence-corrected chi connectivity index (χ0v) is 18.3. The molecule has 0 aliphatic carbocycles. The molecule has 4 rings (SSSR count). The summed E-state index contributed by atoms with van der Waals surface area (Å²) in [5, 5.41) is 4.89. The number of sulfonamides is 1. The zero-order chi connectivity index (χ0) is 21.8. The molecule has 1 saturated heterocycles. The molecule has 0 unspecified atom stereocenters. The third-order valence-corrected chi connectivity index (χ3v) is 7.42. The minimum absolute atomic E-state index is 0.164. The second-order valence-electron chi connectivity index (χ2n) is 7.76. The van der Waals surface area contributed by atoms with Gasteiger partial charge in [-0.05, 0) is 55.0 Å². The molecule has 7 heteroatoms. The summed E-state index contributed by atoms with van der Waals surface area (Å²) >= 11 is 0. The van der Waals surface area contributed by atoms with Crippen LogP contribution in [-0.4, -0.2) is 38.3 Å².